The maximum absolute atomic E-state index is 6.02. The lowest BCUT2D eigenvalue weighted by atomic mass is 10.0. The van der Waals surface area contributed by atoms with Gasteiger partial charge in [-0.3, -0.25) is 0 Å². The Labute approximate surface area is 102 Å². The van der Waals surface area contributed by atoms with Gasteiger partial charge in [0.05, 0.1) is 0 Å². The van der Waals surface area contributed by atoms with Crippen molar-refractivity contribution < 1.29 is 0 Å². The van der Waals surface area contributed by atoms with Crippen LogP contribution in [0.25, 0.3) is 11.1 Å². The molecule has 16 heavy (non-hydrogen) atoms. The Kier molecular flexibility index (Phi) is 3.31. The fourth-order valence-corrected chi connectivity index (χ4v) is 1.87. The van der Waals surface area contributed by atoms with Gasteiger partial charge in [-0.2, -0.15) is 0 Å². The minimum atomic E-state index is 0.828. The van der Waals surface area contributed by atoms with Crippen LogP contribution in [0, 0.1) is 6.92 Å². The maximum Gasteiger partial charge on any atom is 0.0435 e. The van der Waals surface area contributed by atoms with E-state index in [1.165, 1.54) is 16.7 Å². The Hall–Kier alpha value is -1.27. The molecule has 0 radical (unpaired) electrons. The van der Waals surface area contributed by atoms with Crippen molar-refractivity contribution in [3.05, 3.63) is 58.6 Å². The predicted molar refractivity (Wildman–Crippen MR) is 71.0 cm³/mol. The third-order valence-electron chi connectivity index (χ3n) is 2.85. The first-order chi connectivity index (χ1) is 7.70. The second-order valence-corrected chi connectivity index (χ2v) is 4.42. The SMILES string of the molecule is CCc1ccc(-c2ccc(Cl)c(C)c2)cc1. The maximum atomic E-state index is 6.02. The van der Waals surface area contributed by atoms with E-state index in [9.17, 15) is 0 Å². The summed E-state index contributed by atoms with van der Waals surface area (Å²) in [4.78, 5) is 0. The van der Waals surface area contributed by atoms with Gasteiger partial charge >= 0.3 is 0 Å². The molecule has 0 amide bonds. The molecule has 0 heterocycles. The summed E-state index contributed by atoms with van der Waals surface area (Å²) in [6.07, 6.45) is 1.08. The van der Waals surface area contributed by atoms with Gasteiger partial charge in [-0.25, -0.2) is 0 Å². The molecule has 0 N–H and O–H groups in total. The van der Waals surface area contributed by atoms with Crippen LogP contribution in [0.5, 0.6) is 0 Å². The van der Waals surface area contributed by atoms with Crippen LogP contribution in [0.2, 0.25) is 5.02 Å². The molecule has 0 aliphatic rings. The van der Waals surface area contributed by atoms with E-state index < -0.39 is 0 Å². The summed E-state index contributed by atoms with van der Waals surface area (Å²) < 4.78 is 0. The summed E-state index contributed by atoms with van der Waals surface area (Å²) in [6, 6.07) is 14.8. The van der Waals surface area contributed by atoms with Crippen LogP contribution in [0.3, 0.4) is 0 Å². The third kappa shape index (κ3) is 2.28. The summed E-state index contributed by atoms with van der Waals surface area (Å²) in [5.41, 5.74) is 4.97. The average Bonchev–Trinajstić information content (AvgIpc) is 2.33. The molecular formula is C15H15Cl. The largest absolute Gasteiger partial charge is 0.0841 e. The van der Waals surface area contributed by atoms with Crippen molar-refractivity contribution >= 4 is 11.6 Å². The Bertz CT molecular complexity index is 483. The van der Waals surface area contributed by atoms with E-state index in [4.69, 9.17) is 11.6 Å². The highest BCUT2D eigenvalue weighted by molar-refractivity contribution is 6.31. The zero-order valence-electron chi connectivity index (χ0n) is 9.63. The van der Waals surface area contributed by atoms with E-state index in [-0.39, 0.29) is 0 Å². The van der Waals surface area contributed by atoms with Crippen LogP contribution in [0.1, 0.15) is 18.1 Å². The number of benzene rings is 2. The second kappa shape index (κ2) is 4.71. The van der Waals surface area contributed by atoms with Crippen LogP contribution in [-0.4, -0.2) is 0 Å². The summed E-state index contributed by atoms with van der Waals surface area (Å²) in [5.74, 6) is 0. The zero-order valence-corrected chi connectivity index (χ0v) is 10.4. The van der Waals surface area contributed by atoms with Gasteiger partial charge in [0.1, 0.15) is 0 Å². The lowest BCUT2D eigenvalue weighted by Crippen LogP contribution is -1.83. The van der Waals surface area contributed by atoms with E-state index in [2.05, 4.69) is 43.3 Å². The first-order valence-electron chi connectivity index (χ1n) is 5.56. The van der Waals surface area contributed by atoms with Gasteiger partial charge in [0, 0.05) is 5.02 Å². The monoisotopic (exact) mass is 230 g/mol. The van der Waals surface area contributed by atoms with Crippen LogP contribution >= 0.6 is 11.6 Å². The molecule has 0 saturated heterocycles. The minimum Gasteiger partial charge on any atom is -0.0841 e. The summed E-state index contributed by atoms with van der Waals surface area (Å²) in [5, 5.41) is 0.828. The van der Waals surface area contributed by atoms with Gasteiger partial charge in [-0.1, -0.05) is 48.9 Å². The molecule has 0 saturated carbocycles. The average molecular weight is 231 g/mol. The quantitative estimate of drug-likeness (QED) is 0.690. The highest BCUT2D eigenvalue weighted by Gasteiger charge is 2.00. The molecule has 0 spiro atoms. The lowest BCUT2D eigenvalue weighted by Gasteiger charge is -2.05. The van der Waals surface area contributed by atoms with Crippen LogP contribution < -0.4 is 0 Å². The molecule has 2 aromatic carbocycles. The molecule has 0 nitrogen and oxygen atoms in total. The van der Waals surface area contributed by atoms with Gasteiger partial charge in [0.2, 0.25) is 0 Å². The number of halogens is 1. The Morgan fingerprint density at radius 1 is 0.938 bits per heavy atom. The van der Waals surface area contributed by atoms with Crippen molar-refractivity contribution in [2.24, 2.45) is 0 Å². The smallest absolute Gasteiger partial charge is 0.0435 e. The van der Waals surface area contributed by atoms with Gasteiger partial charge in [0.25, 0.3) is 0 Å². The molecule has 0 atom stereocenters. The summed E-state index contributed by atoms with van der Waals surface area (Å²) >= 11 is 6.02. The van der Waals surface area contributed by atoms with Crippen molar-refractivity contribution in [1.29, 1.82) is 0 Å². The van der Waals surface area contributed by atoms with Crippen LogP contribution in [0.15, 0.2) is 42.5 Å². The van der Waals surface area contributed by atoms with Crippen molar-refractivity contribution in [3.8, 4) is 11.1 Å². The van der Waals surface area contributed by atoms with Crippen molar-refractivity contribution in [2.75, 3.05) is 0 Å². The zero-order chi connectivity index (χ0) is 11.5. The van der Waals surface area contributed by atoms with E-state index in [1.54, 1.807) is 0 Å². The third-order valence-corrected chi connectivity index (χ3v) is 3.28. The molecule has 0 unspecified atom stereocenters. The van der Waals surface area contributed by atoms with E-state index >= 15 is 0 Å². The number of aryl methyl sites for hydroxylation is 2. The molecule has 0 aliphatic carbocycles. The Balaban J connectivity index is 2.38. The topological polar surface area (TPSA) is 0 Å². The number of hydrogen-bond donors (Lipinski definition) is 0. The highest BCUT2D eigenvalue weighted by Crippen LogP contribution is 2.24. The van der Waals surface area contributed by atoms with Crippen LogP contribution in [0.4, 0.5) is 0 Å². The molecule has 82 valence electrons. The molecule has 0 aromatic heterocycles. The Morgan fingerprint density at radius 2 is 1.56 bits per heavy atom. The molecule has 2 rings (SSSR count). The van der Waals surface area contributed by atoms with E-state index in [1.807, 2.05) is 13.0 Å². The van der Waals surface area contributed by atoms with Crippen molar-refractivity contribution in [3.63, 3.8) is 0 Å². The van der Waals surface area contributed by atoms with Gasteiger partial charge in [-0.05, 0) is 47.7 Å². The first kappa shape index (κ1) is 11.2. The molecular weight excluding hydrogens is 216 g/mol. The van der Waals surface area contributed by atoms with Crippen molar-refractivity contribution in [1.82, 2.24) is 0 Å². The lowest BCUT2D eigenvalue weighted by molar-refractivity contribution is 1.14. The summed E-state index contributed by atoms with van der Waals surface area (Å²) in [7, 11) is 0. The van der Waals surface area contributed by atoms with E-state index in [0.29, 0.717) is 0 Å². The minimum absolute atomic E-state index is 0.828. The van der Waals surface area contributed by atoms with Crippen molar-refractivity contribution in [2.45, 2.75) is 20.3 Å². The standard InChI is InChI=1S/C15H15Cl/c1-3-12-4-6-13(7-5-12)14-8-9-15(16)11(2)10-14/h4-10H,3H2,1-2H3. The number of hydrogen-bond acceptors (Lipinski definition) is 0. The van der Waals surface area contributed by atoms with E-state index in [0.717, 1.165) is 17.0 Å². The summed E-state index contributed by atoms with van der Waals surface area (Å²) in [6.45, 7) is 4.20. The molecule has 0 bridgehead atoms. The van der Waals surface area contributed by atoms with Gasteiger partial charge < -0.3 is 0 Å². The fraction of sp³-hybridized carbons (Fsp3) is 0.200. The first-order valence-corrected chi connectivity index (χ1v) is 5.94. The van der Waals surface area contributed by atoms with Crippen LogP contribution in [-0.2, 0) is 6.42 Å². The molecule has 2 aromatic rings. The normalized spacial score (nSPS) is 10.4. The predicted octanol–water partition coefficient (Wildman–Crippen LogP) is 4.88. The highest BCUT2D eigenvalue weighted by atomic mass is 35.5. The molecule has 0 fully saturated rings. The second-order valence-electron chi connectivity index (χ2n) is 4.01. The molecule has 1 heteroatoms. The molecule has 0 aliphatic heterocycles. The Morgan fingerprint density at radius 3 is 2.12 bits per heavy atom. The van der Waals surface area contributed by atoms with Gasteiger partial charge in [-0.15, -0.1) is 0 Å². The fourth-order valence-electron chi connectivity index (χ4n) is 1.76. The number of rotatable bonds is 2. The van der Waals surface area contributed by atoms with Gasteiger partial charge in [0.15, 0.2) is 0 Å².